The summed E-state index contributed by atoms with van der Waals surface area (Å²) in [6.45, 7) is 0. The van der Waals surface area contributed by atoms with Crippen LogP contribution in [0.2, 0.25) is 0 Å². The summed E-state index contributed by atoms with van der Waals surface area (Å²) in [5.74, 6) is 0. The van der Waals surface area contributed by atoms with Crippen LogP contribution in [0.5, 0.6) is 0 Å². The topological polar surface area (TPSA) is 100 Å². The molecule has 0 unspecified atom stereocenters. The van der Waals surface area contributed by atoms with Gasteiger partial charge in [0.1, 0.15) is 0 Å². The number of benzene rings is 4. The lowest BCUT2D eigenvalue weighted by Crippen LogP contribution is -1.93. The standard InChI is InChI=1S/C44H29N5O2/c50-49(51)37-22-16-31(17-23-37)40-39-27-35-21-20-33(46-35)24-32-18-19-34(45-32)25-36-26-38(28-10-4-1-5-11-28)43(47-36)42(30-14-8-3-9-15-30)44(48-39)41(40)29-12-6-2-7-13-29/h1-27,45,48H. The van der Waals surface area contributed by atoms with Gasteiger partial charge in [-0.05, 0) is 82.9 Å². The first-order valence-corrected chi connectivity index (χ1v) is 16.7. The van der Waals surface area contributed by atoms with Crippen molar-refractivity contribution in [3.8, 4) is 33.4 Å². The Balaban J connectivity index is 1.52. The number of non-ortho nitro benzene ring substituents is 1. The fraction of sp³-hybridized carbons (Fsp3) is 0. The molecule has 0 fully saturated rings. The number of nitro benzene ring substituents is 1. The highest BCUT2D eigenvalue weighted by atomic mass is 16.6. The minimum atomic E-state index is -0.370. The molecule has 9 rings (SSSR count). The fourth-order valence-electron chi connectivity index (χ4n) is 6.92. The van der Waals surface area contributed by atoms with Gasteiger partial charge in [0.05, 0.1) is 33.2 Å². The maximum Gasteiger partial charge on any atom is 0.269 e. The Morgan fingerprint density at radius 2 is 1.06 bits per heavy atom. The molecule has 2 N–H and O–H groups in total. The molecule has 8 bridgehead atoms. The summed E-state index contributed by atoms with van der Waals surface area (Å²) in [7, 11) is 0. The van der Waals surface area contributed by atoms with Crippen molar-refractivity contribution in [2.75, 3.05) is 0 Å². The van der Waals surface area contributed by atoms with E-state index >= 15 is 0 Å². The first-order chi connectivity index (χ1) is 25.1. The molecule has 5 heterocycles. The molecule has 7 heteroatoms. The van der Waals surface area contributed by atoms with Gasteiger partial charge in [-0.1, -0.05) is 91.0 Å². The Bertz CT molecular complexity index is 2690. The highest BCUT2D eigenvalue weighted by Gasteiger charge is 2.24. The van der Waals surface area contributed by atoms with Crippen molar-refractivity contribution in [3.05, 3.63) is 184 Å². The second-order valence-corrected chi connectivity index (χ2v) is 12.5. The molecule has 242 valence electrons. The number of hydrogen-bond acceptors (Lipinski definition) is 4. The van der Waals surface area contributed by atoms with Crippen LogP contribution in [0.1, 0.15) is 28.3 Å². The zero-order chi connectivity index (χ0) is 34.3. The summed E-state index contributed by atoms with van der Waals surface area (Å²) >= 11 is 0. The molecule has 0 saturated carbocycles. The van der Waals surface area contributed by atoms with E-state index in [1.54, 1.807) is 12.1 Å². The van der Waals surface area contributed by atoms with Gasteiger partial charge in [-0.25, -0.2) is 9.97 Å². The molecule has 7 aromatic rings. The third-order valence-electron chi connectivity index (χ3n) is 9.19. The van der Waals surface area contributed by atoms with E-state index in [-0.39, 0.29) is 10.6 Å². The zero-order valence-electron chi connectivity index (χ0n) is 27.2. The molecular weight excluding hydrogens is 631 g/mol. The van der Waals surface area contributed by atoms with E-state index in [0.717, 1.165) is 89.4 Å². The molecular formula is C44H29N5O2. The van der Waals surface area contributed by atoms with Gasteiger partial charge in [0.25, 0.3) is 5.69 Å². The van der Waals surface area contributed by atoms with E-state index in [0.29, 0.717) is 0 Å². The quantitative estimate of drug-likeness (QED) is 0.142. The van der Waals surface area contributed by atoms with Crippen molar-refractivity contribution < 1.29 is 4.92 Å². The Hall–Kier alpha value is -7.12. The summed E-state index contributed by atoms with van der Waals surface area (Å²) in [4.78, 5) is 29.0. The number of nitro groups is 1. The minimum Gasteiger partial charge on any atom is -0.355 e. The molecule has 2 aliphatic rings. The molecule has 0 saturated heterocycles. The number of nitrogens with zero attached hydrogens (tertiary/aromatic N) is 3. The number of aromatic amines is 2. The average Bonchev–Trinajstić information content (AvgIpc) is 3.97. The molecule has 0 radical (unpaired) electrons. The van der Waals surface area contributed by atoms with Crippen molar-refractivity contribution in [2.45, 2.75) is 0 Å². The van der Waals surface area contributed by atoms with Crippen molar-refractivity contribution >= 4 is 51.6 Å². The highest BCUT2D eigenvalue weighted by molar-refractivity contribution is 6.10. The second kappa shape index (κ2) is 12.4. The molecule has 4 aromatic carbocycles. The number of fused-ring (bicyclic) bond motifs is 8. The molecule has 7 nitrogen and oxygen atoms in total. The van der Waals surface area contributed by atoms with Crippen LogP contribution in [0.15, 0.2) is 146 Å². The van der Waals surface area contributed by atoms with E-state index < -0.39 is 0 Å². The van der Waals surface area contributed by atoms with E-state index in [1.807, 2.05) is 97.1 Å². The third-order valence-corrected chi connectivity index (χ3v) is 9.19. The Morgan fingerprint density at radius 3 is 1.69 bits per heavy atom. The van der Waals surface area contributed by atoms with Crippen LogP contribution in [-0.2, 0) is 0 Å². The lowest BCUT2D eigenvalue weighted by atomic mass is 9.91. The zero-order valence-corrected chi connectivity index (χ0v) is 27.2. The van der Waals surface area contributed by atoms with Gasteiger partial charge >= 0.3 is 0 Å². The highest BCUT2D eigenvalue weighted by Crippen LogP contribution is 2.45. The van der Waals surface area contributed by atoms with Gasteiger partial charge in [0, 0.05) is 50.9 Å². The largest absolute Gasteiger partial charge is 0.355 e. The normalized spacial score (nSPS) is 12.1. The summed E-state index contributed by atoms with van der Waals surface area (Å²) in [5.41, 5.74) is 14.5. The molecule has 0 amide bonds. The van der Waals surface area contributed by atoms with Crippen molar-refractivity contribution in [1.29, 1.82) is 0 Å². The summed E-state index contributed by atoms with van der Waals surface area (Å²) in [6, 6.07) is 47.9. The number of aromatic nitrogens is 4. The molecule has 0 atom stereocenters. The van der Waals surface area contributed by atoms with Crippen molar-refractivity contribution in [3.63, 3.8) is 0 Å². The fourth-order valence-corrected chi connectivity index (χ4v) is 6.92. The first kappa shape index (κ1) is 30.0. The third kappa shape index (κ3) is 5.62. The summed E-state index contributed by atoms with van der Waals surface area (Å²) in [6.07, 6.45) is 6.15. The predicted octanol–water partition coefficient (Wildman–Crippen LogP) is 11.0. The summed E-state index contributed by atoms with van der Waals surface area (Å²) < 4.78 is 0. The number of nitrogens with one attached hydrogen (secondary N) is 2. The number of H-pyrrole nitrogens is 2. The van der Waals surface area contributed by atoms with Crippen LogP contribution in [0.25, 0.3) is 79.2 Å². The molecule has 51 heavy (non-hydrogen) atoms. The van der Waals surface area contributed by atoms with Crippen LogP contribution < -0.4 is 0 Å². The van der Waals surface area contributed by atoms with Gasteiger partial charge < -0.3 is 9.97 Å². The number of rotatable bonds is 5. The van der Waals surface area contributed by atoms with E-state index in [1.165, 1.54) is 0 Å². The smallest absolute Gasteiger partial charge is 0.269 e. The maximum atomic E-state index is 11.7. The monoisotopic (exact) mass is 659 g/mol. The van der Waals surface area contributed by atoms with Gasteiger partial charge in [-0.2, -0.15) is 0 Å². The lowest BCUT2D eigenvalue weighted by Gasteiger charge is -2.12. The Kier molecular flexibility index (Phi) is 7.29. The van der Waals surface area contributed by atoms with Gasteiger partial charge in [-0.3, -0.25) is 10.1 Å². The van der Waals surface area contributed by atoms with Crippen molar-refractivity contribution in [2.24, 2.45) is 0 Å². The summed E-state index contributed by atoms with van der Waals surface area (Å²) in [5, 5.41) is 11.7. The molecule has 2 aliphatic heterocycles. The maximum absolute atomic E-state index is 11.7. The van der Waals surface area contributed by atoms with E-state index in [4.69, 9.17) is 9.97 Å². The second-order valence-electron chi connectivity index (χ2n) is 12.5. The number of hydrogen-bond donors (Lipinski definition) is 2. The van der Waals surface area contributed by atoms with Crippen LogP contribution in [-0.4, -0.2) is 24.9 Å². The van der Waals surface area contributed by atoms with Crippen LogP contribution in [0.3, 0.4) is 0 Å². The van der Waals surface area contributed by atoms with E-state index in [9.17, 15) is 10.1 Å². The van der Waals surface area contributed by atoms with Crippen LogP contribution in [0, 0.1) is 10.1 Å². The SMILES string of the molecule is O=[N+]([O-])c1ccc(-c2c(-c3ccccc3)c3[nH]c2cc2nc(cc4ccc(cc5nc(c3-c3ccccc3)C(c3ccccc3)=C5)[nH]4)C=C2)cc1. The van der Waals surface area contributed by atoms with Crippen LogP contribution in [0.4, 0.5) is 5.69 Å². The molecule has 0 spiro atoms. The van der Waals surface area contributed by atoms with Crippen LogP contribution >= 0.6 is 0 Å². The molecule has 3 aromatic heterocycles. The van der Waals surface area contributed by atoms with Crippen molar-refractivity contribution in [1.82, 2.24) is 19.9 Å². The minimum absolute atomic E-state index is 0.0332. The average molecular weight is 660 g/mol. The van der Waals surface area contributed by atoms with Gasteiger partial charge in [-0.15, -0.1) is 0 Å². The molecule has 0 aliphatic carbocycles. The lowest BCUT2D eigenvalue weighted by molar-refractivity contribution is -0.384. The van der Waals surface area contributed by atoms with Gasteiger partial charge in [0.2, 0.25) is 0 Å². The van der Waals surface area contributed by atoms with E-state index in [2.05, 4.69) is 64.6 Å². The predicted molar refractivity (Wildman–Crippen MR) is 206 cm³/mol. The Labute approximate surface area is 293 Å². The first-order valence-electron chi connectivity index (χ1n) is 16.7. The Morgan fingerprint density at radius 1 is 0.510 bits per heavy atom. The van der Waals surface area contributed by atoms with Gasteiger partial charge in [0.15, 0.2) is 0 Å².